The zero-order valence-corrected chi connectivity index (χ0v) is 17.8. The molecule has 0 aliphatic carbocycles. The van der Waals surface area contributed by atoms with Crippen molar-refractivity contribution < 1.29 is 19.1 Å². The largest absolute Gasteiger partial charge is 0.482 e. The van der Waals surface area contributed by atoms with E-state index in [1.807, 2.05) is 30.3 Å². The van der Waals surface area contributed by atoms with Crippen LogP contribution in [-0.2, 0) is 16.1 Å². The van der Waals surface area contributed by atoms with E-state index in [9.17, 15) is 9.59 Å². The molecule has 3 rings (SSSR count). The van der Waals surface area contributed by atoms with Crippen LogP contribution in [0.4, 0.5) is 5.69 Å². The number of carbonyl (C=O) groups excluding carboxylic acids is 2. The average molecular weight is 465 g/mol. The molecular weight excluding hydrogens is 449 g/mol. The summed E-state index contributed by atoms with van der Waals surface area (Å²) in [7, 11) is 0. The molecule has 1 N–H and O–H groups in total. The number of anilines is 1. The first-order valence-electron chi connectivity index (χ1n) is 8.80. The first kappa shape index (κ1) is 22.0. The van der Waals surface area contributed by atoms with Gasteiger partial charge in [0.1, 0.15) is 12.4 Å². The van der Waals surface area contributed by atoms with Crippen molar-refractivity contribution in [3.8, 4) is 5.75 Å². The number of nitrogens with one attached hydrogen (secondary N) is 1. The van der Waals surface area contributed by atoms with Gasteiger partial charge in [-0.15, -0.1) is 0 Å². The molecule has 0 unspecified atom stereocenters. The highest BCUT2D eigenvalue weighted by atomic mass is 35.5. The molecule has 3 aromatic carbocycles. The maximum atomic E-state index is 12.4. The van der Waals surface area contributed by atoms with Gasteiger partial charge < -0.3 is 14.8 Å². The number of hydrogen-bond acceptors (Lipinski definition) is 4. The van der Waals surface area contributed by atoms with Crippen molar-refractivity contribution in [3.05, 3.63) is 92.9 Å². The lowest BCUT2D eigenvalue weighted by Gasteiger charge is -2.11. The summed E-state index contributed by atoms with van der Waals surface area (Å²) in [4.78, 5) is 24.2. The monoisotopic (exact) mass is 463 g/mol. The van der Waals surface area contributed by atoms with E-state index in [2.05, 4.69) is 5.32 Å². The van der Waals surface area contributed by atoms with Crippen molar-refractivity contribution in [3.63, 3.8) is 0 Å². The molecule has 0 radical (unpaired) electrons. The predicted octanol–water partition coefficient (Wildman–Crippen LogP) is 6.02. The highest BCUT2D eigenvalue weighted by Crippen LogP contribution is 2.34. The molecule has 0 fully saturated rings. The van der Waals surface area contributed by atoms with Gasteiger partial charge in [0.25, 0.3) is 5.91 Å². The van der Waals surface area contributed by atoms with Gasteiger partial charge in [0, 0.05) is 10.6 Å². The van der Waals surface area contributed by atoms with E-state index < -0.39 is 11.9 Å². The van der Waals surface area contributed by atoms with Crippen LogP contribution in [0.15, 0.2) is 66.7 Å². The van der Waals surface area contributed by atoms with Crippen LogP contribution in [0.5, 0.6) is 5.75 Å². The molecule has 0 saturated heterocycles. The second-order valence-corrected chi connectivity index (χ2v) is 7.41. The summed E-state index contributed by atoms with van der Waals surface area (Å²) in [5.74, 6) is -0.478. The van der Waals surface area contributed by atoms with Crippen molar-refractivity contribution in [2.24, 2.45) is 0 Å². The third-order valence-electron chi connectivity index (χ3n) is 3.96. The fraction of sp³-hybridized carbons (Fsp3) is 0.0909. The van der Waals surface area contributed by atoms with Crippen molar-refractivity contribution in [1.29, 1.82) is 0 Å². The van der Waals surface area contributed by atoms with Gasteiger partial charge in [-0.2, -0.15) is 0 Å². The lowest BCUT2D eigenvalue weighted by Crippen LogP contribution is -2.15. The zero-order valence-electron chi connectivity index (χ0n) is 15.5. The molecule has 30 heavy (non-hydrogen) atoms. The van der Waals surface area contributed by atoms with E-state index in [0.29, 0.717) is 16.3 Å². The number of hydrogen-bond donors (Lipinski definition) is 1. The van der Waals surface area contributed by atoms with Gasteiger partial charge in [-0.05, 0) is 42.0 Å². The summed E-state index contributed by atoms with van der Waals surface area (Å²) in [5, 5.41) is 3.48. The third kappa shape index (κ3) is 6.13. The second-order valence-electron chi connectivity index (χ2n) is 6.16. The van der Waals surface area contributed by atoms with Gasteiger partial charge in [-0.1, -0.05) is 65.1 Å². The predicted molar refractivity (Wildman–Crippen MR) is 118 cm³/mol. The van der Waals surface area contributed by atoms with Gasteiger partial charge in [-0.3, -0.25) is 4.79 Å². The fourth-order valence-electron chi connectivity index (χ4n) is 2.47. The Kier molecular flexibility index (Phi) is 7.57. The second kappa shape index (κ2) is 10.3. The van der Waals surface area contributed by atoms with Crippen LogP contribution in [0.3, 0.4) is 0 Å². The molecule has 3 aromatic rings. The van der Waals surface area contributed by atoms with E-state index in [4.69, 9.17) is 44.3 Å². The molecule has 154 valence electrons. The van der Waals surface area contributed by atoms with Crippen molar-refractivity contribution in [2.75, 3.05) is 11.9 Å². The standard InChI is InChI=1S/C22H16Cl3NO4/c23-16-10-18(24)21(19(25)11-16)26-22(28)15-6-8-17(9-7-15)29-13-20(27)30-12-14-4-2-1-3-5-14/h1-11H,12-13H2,(H,26,28). The number of halogens is 3. The quantitative estimate of drug-likeness (QED) is 0.434. The van der Waals surface area contributed by atoms with Crippen LogP contribution >= 0.6 is 34.8 Å². The van der Waals surface area contributed by atoms with Crippen LogP contribution in [0.2, 0.25) is 15.1 Å². The summed E-state index contributed by atoms with van der Waals surface area (Å²) in [6.07, 6.45) is 0. The Morgan fingerprint density at radius 1 is 0.867 bits per heavy atom. The fourth-order valence-corrected chi connectivity index (χ4v) is 3.38. The Labute approximate surface area is 188 Å². The molecular formula is C22H16Cl3NO4. The summed E-state index contributed by atoms with van der Waals surface area (Å²) >= 11 is 18.0. The Hall–Kier alpha value is -2.73. The molecule has 0 aliphatic rings. The van der Waals surface area contributed by atoms with Crippen LogP contribution in [-0.4, -0.2) is 18.5 Å². The van der Waals surface area contributed by atoms with Crippen LogP contribution < -0.4 is 10.1 Å². The maximum absolute atomic E-state index is 12.4. The minimum absolute atomic E-state index is 0.179. The minimum Gasteiger partial charge on any atom is -0.482 e. The molecule has 8 heteroatoms. The maximum Gasteiger partial charge on any atom is 0.344 e. The van der Waals surface area contributed by atoms with Crippen molar-refractivity contribution in [1.82, 2.24) is 0 Å². The van der Waals surface area contributed by atoms with Crippen LogP contribution in [0, 0.1) is 0 Å². The highest BCUT2D eigenvalue weighted by molar-refractivity contribution is 6.42. The molecule has 0 aliphatic heterocycles. The first-order valence-corrected chi connectivity index (χ1v) is 9.94. The Morgan fingerprint density at radius 2 is 1.50 bits per heavy atom. The van der Waals surface area contributed by atoms with E-state index in [1.165, 1.54) is 12.1 Å². The Bertz CT molecular complexity index is 1020. The first-order chi connectivity index (χ1) is 14.4. The Balaban J connectivity index is 1.52. The molecule has 0 bridgehead atoms. The lowest BCUT2D eigenvalue weighted by atomic mass is 10.2. The molecule has 0 spiro atoms. The molecule has 0 saturated carbocycles. The smallest absolute Gasteiger partial charge is 0.344 e. The number of amides is 1. The number of esters is 1. The van der Waals surface area contributed by atoms with Crippen molar-refractivity contribution in [2.45, 2.75) is 6.61 Å². The molecule has 0 aromatic heterocycles. The Morgan fingerprint density at radius 3 is 2.13 bits per heavy atom. The highest BCUT2D eigenvalue weighted by Gasteiger charge is 2.13. The zero-order chi connectivity index (χ0) is 21.5. The van der Waals surface area contributed by atoms with Crippen LogP contribution in [0.25, 0.3) is 0 Å². The topological polar surface area (TPSA) is 64.6 Å². The molecule has 0 atom stereocenters. The van der Waals surface area contributed by atoms with Gasteiger partial charge in [-0.25, -0.2) is 4.79 Å². The van der Waals surface area contributed by atoms with Gasteiger partial charge in [0.15, 0.2) is 6.61 Å². The van der Waals surface area contributed by atoms with Gasteiger partial charge in [0.2, 0.25) is 0 Å². The van der Waals surface area contributed by atoms with E-state index in [1.54, 1.807) is 24.3 Å². The molecule has 0 heterocycles. The van der Waals surface area contributed by atoms with E-state index >= 15 is 0 Å². The summed E-state index contributed by atoms with van der Waals surface area (Å²) in [6, 6.07) is 18.6. The normalized spacial score (nSPS) is 10.4. The summed E-state index contributed by atoms with van der Waals surface area (Å²) in [5.41, 5.74) is 1.52. The minimum atomic E-state index is -0.493. The third-order valence-corrected chi connectivity index (χ3v) is 4.78. The van der Waals surface area contributed by atoms with Gasteiger partial charge >= 0.3 is 5.97 Å². The summed E-state index contributed by atoms with van der Waals surface area (Å²) < 4.78 is 10.5. The van der Waals surface area contributed by atoms with E-state index in [0.717, 1.165) is 5.56 Å². The number of rotatable bonds is 7. The molecule has 1 amide bonds. The molecule has 5 nitrogen and oxygen atoms in total. The number of ether oxygens (including phenoxy) is 2. The van der Waals surface area contributed by atoms with Crippen LogP contribution in [0.1, 0.15) is 15.9 Å². The number of carbonyl (C=O) groups is 2. The summed E-state index contributed by atoms with van der Waals surface area (Å²) in [6.45, 7) is -0.0632. The average Bonchev–Trinajstić information content (AvgIpc) is 2.74. The van der Waals surface area contributed by atoms with Crippen molar-refractivity contribution >= 4 is 52.4 Å². The lowest BCUT2D eigenvalue weighted by molar-refractivity contribution is -0.147. The van der Waals surface area contributed by atoms with Gasteiger partial charge in [0.05, 0.1) is 15.7 Å². The SMILES string of the molecule is O=C(COc1ccc(C(=O)Nc2c(Cl)cc(Cl)cc2Cl)cc1)OCc1ccccc1. The van der Waals surface area contributed by atoms with E-state index in [-0.39, 0.29) is 28.9 Å². The number of benzene rings is 3.